The van der Waals surface area contributed by atoms with E-state index < -0.39 is 0 Å². The Balaban J connectivity index is 1.98. The zero-order valence-electron chi connectivity index (χ0n) is 12.8. The number of thiophene rings is 1. The van der Waals surface area contributed by atoms with Crippen LogP contribution < -0.4 is 5.32 Å². The molecule has 0 radical (unpaired) electrons. The molecule has 1 unspecified atom stereocenters. The molecule has 0 saturated heterocycles. The third kappa shape index (κ3) is 4.19. The summed E-state index contributed by atoms with van der Waals surface area (Å²) >= 11 is 1.87. The Morgan fingerprint density at radius 1 is 1.20 bits per heavy atom. The fraction of sp³-hybridized carbons (Fsp3) is 0.444. The summed E-state index contributed by atoms with van der Waals surface area (Å²) in [5.41, 5.74) is 4.22. The van der Waals surface area contributed by atoms with Gasteiger partial charge in [0.25, 0.3) is 0 Å². The quantitative estimate of drug-likeness (QED) is 0.752. The monoisotopic (exact) mass is 287 g/mol. The summed E-state index contributed by atoms with van der Waals surface area (Å²) in [5.74, 6) is 0. The van der Waals surface area contributed by atoms with Crippen molar-refractivity contribution >= 4 is 11.3 Å². The minimum Gasteiger partial charge on any atom is -0.310 e. The molecule has 108 valence electrons. The minimum atomic E-state index is 0.487. The Labute approximate surface area is 127 Å². The molecule has 1 N–H and O–H groups in total. The van der Waals surface area contributed by atoms with E-state index in [2.05, 4.69) is 61.8 Å². The van der Waals surface area contributed by atoms with Gasteiger partial charge >= 0.3 is 0 Å². The average molecular weight is 287 g/mol. The third-order valence-corrected chi connectivity index (χ3v) is 4.68. The van der Waals surface area contributed by atoms with E-state index in [0.717, 1.165) is 6.54 Å². The minimum absolute atomic E-state index is 0.487. The molecule has 1 aromatic heterocycles. The highest BCUT2D eigenvalue weighted by molar-refractivity contribution is 7.09. The second-order valence-corrected chi connectivity index (χ2v) is 6.47. The Hall–Kier alpha value is -1.12. The van der Waals surface area contributed by atoms with Crippen molar-refractivity contribution in [1.82, 2.24) is 5.32 Å². The molecule has 0 saturated carbocycles. The molecule has 0 aliphatic heterocycles. The molecule has 2 heteroatoms. The molecular weight excluding hydrogens is 262 g/mol. The maximum Gasteiger partial charge on any atom is 0.0322 e. The van der Waals surface area contributed by atoms with E-state index in [4.69, 9.17) is 0 Å². The molecule has 1 heterocycles. The lowest BCUT2D eigenvalue weighted by Gasteiger charge is -2.20. The van der Waals surface area contributed by atoms with Crippen molar-refractivity contribution < 1.29 is 0 Å². The Kier molecular flexibility index (Phi) is 5.81. The van der Waals surface area contributed by atoms with Crippen LogP contribution in [-0.2, 0) is 6.42 Å². The molecule has 1 aromatic carbocycles. The first-order valence-corrected chi connectivity index (χ1v) is 8.41. The summed E-state index contributed by atoms with van der Waals surface area (Å²) in [6, 6.07) is 11.7. The van der Waals surface area contributed by atoms with Crippen LogP contribution in [-0.4, -0.2) is 6.54 Å². The molecule has 2 aromatic rings. The first-order valence-electron chi connectivity index (χ1n) is 7.53. The molecule has 2 rings (SSSR count). The van der Waals surface area contributed by atoms with Gasteiger partial charge in [-0.15, -0.1) is 11.3 Å². The molecule has 0 aliphatic rings. The van der Waals surface area contributed by atoms with E-state index in [1.807, 2.05) is 11.3 Å². The molecule has 1 nitrogen and oxygen atoms in total. The predicted molar refractivity (Wildman–Crippen MR) is 89.6 cm³/mol. The molecule has 0 aliphatic carbocycles. The molecule has 20 heavy (non-hydrogen) atoms. The van der Waals surface area contributed by atoms with Crippen LogP contribution in [0.25, 0.3) is 0 Å². The van der Waals surface area contributed by atoms with Gasteiger partial charge in [0.15, 0.2) is 0 Å². The predicted octanol–water partition coefficient (Wildman–Crippen LogP) is 5.04. The van der Waals surface area contributed by atoms with Crippen LogP contribution in [0, 0.1) is 13.8 Å². The Bertz CT molecular complexity index is 516. The summed E-state index contributed by atoms with van der Waals surface area (Å²) in [7, 11) is 0. The van der Waals surface area contributed by atoms with Gasteiger partial charge in [0.05, 0.1) is 0 Å². The summed E-state index contributed by atoms with van der Waals surface area (Å²) in [5, 5.41) is 5.81. The van der Waals surface area contributed by atoms with Gasteiger partial charge in [-0.3, -0.25) is 0 Å². The van der Waals surface area contributed by atoms with Gasteiger partial charge in [0.2, 0.25) is 0 Å². The van der Waals surface area contributed by atoms with Crippen LogP contribution in [0.1, 0.15) is 47.4 Å². The van der Waals surface area contributed by atoms with Gasteiger partial charge in [0, 0.05) is 10.9 Å². The van der Waals surface area contributed by atoms with Crippen molar-refractivity contribution in [2.75, 3.05) is 6.54 Å². The lowest BCUT2D eigenvalue weighted by atomic mass is 9.95. The highest BCUT2D eigenvalue weighted by Gasteiger charge is 2.12. The zero-order valence-corrected chi connectivity index (χ0v) is 13.6. The highest BCUT2D eigenvalue weighted by Crippen LogP contribution is 2.24. The van der Waals surface area contributed by atoms with Crippen molar-refractivity contribution in [3.05, 3.63) is 57.3 Å². The van der Waals surface area contributed by atoms with Crippen LogP contribution in [0.2, 0.25) is 0 Å². The largest absolute Gasteiger partial charge is 0.310 e. The second kappa shape index (κ2) is 7.61. The van der Waals surface area contributed by atoms with E-state index in [-0.39, 0.29) is 0 Å². The maximum atomic E-state index is 3.64. The normalized spacial score (nSPS) is 12.6. The average Bonchev–Trinajstić information content (AvgIpc) is 2.91. The summed E-state index contributed by atoms with van der Waals surface area (Å²) in [6.45, 7) is 7.61. The summed E-state index contributed by atoms with van der Waals surface area (Å²) < 4.78 is 0. The van der Waals surface area contributed by atoms with E-state index in [9.17, 15) is 0 Å². The van der Waals surface area contributed by atoms with E-state index >= 15 is 0 Å². The third-order valence-electron chi connectivity index (χ3n) is 3.75. The molecule has 0 bridgehead atoms. The van der Waals surface area contributed by atoms with Crippen LogP contribution >= 0.6 is 11.3 Å². The van der Waals surface area contributed by atoms with Crippen LogP contribution in [0.15, 0.2) is 35.7 Å². The fourth-order valence-corrected chi connectivity index (χ4v) is 3.52. The Morgan fingerprint density at radius 2 is 2.05 bits per heavy atom. The molecule has 0 fully saturated rings. The van der Waals surface area contributed by atoms with Crippen molar-refractivity contribution in [3.63, 3.8) is 0 Å². The number of nitrogens with one attached hydrogen (secondary N) is 1. The van der Waals surface area contributed by atoms with Gasteiger partial charge in [-0.25, -0.2) is 0 Å². The SMILES string of the molecule is CCNC(CCCc1cccs1)c1ccc(C)cc1C. The van der Waals surface area contributed by atoms with Crippen molar-refractivity contribution in [3.8, 4) is 0 Å². The van der Waals surface area contributed by atoms with Crippen molar-refractivity contribution in [1.29, 1.82) is 0 Å². The van der Waals surface area contributed by atoms with E-state index in [1.54, 1.807) is 0 Å². The highest BCUT2D eigenvalue weighted by atomic mass is 32.1. The van der Waals surface area contributed by atoms with Crippen LogP contribution in [0.4, 0.5) is 0 Å². The molecule has 0 spiro atoms. The standard InChI is InChI=1S/C18H25NS/c1-4-19-18(9-5-7-16-8-6-12-20-16)17-11-10-14(2)13-15(17)3/h6,8,10-13,18-19H,4-5,7,9H2,1-3H3. The van der Waals surface area contributed by atoms with Gasteiger partial charge in [-0.2, -0.15) is 0 Å². The zero-order chi connectivity index (χ0) is 14.4. The lowest BCUT2D eigenvalue weighted by Crippen LogP contribution is -2.21. The smallest absolute Gasteiger partial charge is 0.0322 e. The van der Waals surface area contributed by atoms with Crippen LogP contribution in [0.5, 0.6) is 0 Å². The number of hydrogen-bond donors (Lipinski definition) is 1. The van der Waals surface area contributed by atoms with Crippen molar-refractivity contribution in [2.45, 2.75) is 46.1 Å². The number of aryl methyl sites for hydroxylation is 3. The van der Waals surface area contributed by atoms with Gasteiger partial charge in [0.1, 0.15) is 0 Å². The van der Waals surface area contributed by atoms with E-state index in [1.165, 1.54) is 40.8 Å². The van der Waals surface area contributed by atoms with Crippen molar-refractivity contribution in [2.24, 2.45) is 0 Å². The Morgan fingerprint density at radius 3 is 2.70 bits per heavy atom. The van der Waals surface area contributed by atoms with Gasteiger partial charge in [-0.05, 0) is 62.2 Å². The first-order chi connectivity index (χ1) is 9.70. The molecular formula is C18H25NS. The molecule has 0 amide bonds. The number of rotatable bonds is 7. The van der Waals surface area contributed by atoms with Gasteiger partial charge in [-0.1, -0.05) is 36.8 Å². The van der Waals surface area contributed by atoms with E-state index in [0.29, 0.717) is 6.04 Å². The topological polar surface area (TPSA) is 12.0 Å². The molecule has 1 atom stereocenters. The number of hydrogen-bond acceptors (Lipinski definition) is 2. The first kappa shape index (κ1) is 15.3. The van der Waals surface area contributed by atoms with Crippen LogP contribution in [0.3, 0.4) is 0 Å². The van der Waals surface area contributed by atoms with Gasteiger partial charge < -0.3 is 5.32 Å². The summed E-state index contributed by atoms with van der Waals surface area (Å²) in [6.07, 6.45) is 3.64. The second-order valence-electron chi connectivity index (χ2n) is 5.44. The lowest BCUT2D eigenvalue weighted by molar-refractivity contribution is 0.497. The number of benzene rings is 1. The fourth-order valence-electron chi connectivity index (χ4n) is 2.77. The maximum absolute atomic E-state index is 3.64. The summed E-state index contributed by atoms with van der Waals surface area (Å²) in [4.78, 5) is 1.50.